The molecule has 0 bridgehead atoms. The summed E-state index contributed by atoms with van der Waals surface area (Å²) in [5.41, 5.74) is 6.65. The average Bonchev–Trinajstić information content (AvgIpc) is 2.41. The summed E-state index contributed by atoms with van der Waals surface area (Å²) in [6.07, 6.45) is 5.39. The maximum atomic E-state index is 11.5. The number of aldehydes is 1. The van der Waals surface area contributed by atoms with Crippen LogP contribution in [0.3, 0.4) is 0 Å². The fourth-order valence-electron chi connectivity index (χ4n) is 2.90. The van der Waals surface area contributed by atoms with Gasteiger partial charge in [0.05, 0.1) is 5.52 Å². The Kier molecular flexibility index (Phi) is 2.66. The van der Waals surface area contributed by atoms with Gasteiger partial charge in [0.2, 0.25) is 0 Å². The van der Waals surface area contributed by atoms with E-state index >= 15 is 0 Å². The van der Waals surface area contributed by atoms with Crippen LogP contribution in [0.5, 0.6) is 0 Å². The van der Waals surface area contributed by atoms with Crippen LogP contribution in [0, 0.1) is 13.8 Å². The number of aryl methyl sites for hydroxylation is 3. The molecule has 18 heavy (non-hydrogen) atoms. The molecule has 2 heteroatoms. The van der Waals surface area contributed by atoms with E-state index in [9.17, 15) is 4.79 Å². The van der Waals surface area contributed by atoms with E-state index in [-0.39, 0.29) is 0 Å². The number of hydrogen-bond acceptors (Lipinski definition) is 2. The van der Waals surface area contributed by atoms with Gasteiger partial charge in [-0.05, 0) is 56.2 Å². The molecule has 0 N–H and O–H groups in total. The molecule has 1 aliphatic carbocycles. The van der Waals surface area contributed by atoms with Crippen molar-refractivity contribution in [2.45, 2.75) is 39.5 Å². The number of fused-ring (bicyclic) bond motifs is 2. The van der Waals surface area contributed by atoms with Crippen LogP contribution in [0.1, 0.15) is 45.6 Å². The predicted molar refractivity (Wildman–Crippen MR) is 73.2 cm³/mol. The Morgan fingerprint density at radius 2 is 1.94 bits per heavy atom. The summed E-state index contributed by atoms with van der Waals surface area (Å²) in [4.78, 5) is 16.3. The minimum Gasteiger partial charge on any atom is -0.298 e. The van der Waals surface area contributed by atoms with Crippen molar-refractivity contribution in [2.24, 2.45) is 0 Å². The molecule has 0 fully saturated rings. The van der Waals surface area contributed by atoms with Gasteiger partial charge in [0, 0.05) is 16.6 Å². The molecule has 0 unspecified atom stereocenters. The van der Waals surface area contributed by atoms with Gasteiger partial charge in [-0.15, -0.1) is 0 Å². The van der Waals surface area contributed by atoms with E-state index in [1.165, 1.54) is 29.5 Å². The second-order valence-electron chi connectivity index (χ2n) is 5.18. The molecule has 2 nitrogen and oxygen atoms in total. The van der Waals surface area contributed by atoms with Gasteiger partial charge >= 0.3 is 0 Å². The van der Waals surface area contributed by atoms with Gasteiger partial charge in [0.1, 0.15) is 0 Å². The second-order valence-corrected chi connectivity index (χ2v) is 5.18. The molecule has 1 aliphatic rings. The number of aromatic nitrogens is 1. The van der Waals surface area contributed by atoms with Crippen LogP contribution in [0.15, 0.2) is 12.1 Å². The summed E-state index contributed by atoms with van der Waals surface area (Å²) >= 11 is 0. The van der Waals surface area contributed by atoms with E-state index in [4.69, 9.17) is 4.98 Å². The summed E-state index contributed by atoms with van der Waals surface area (Å²) in [6, 6.07) is 4.13. The summed E-state index contributed by atoms with van der Waals surface area (Å²) in [7, 11) is 0. The molecule has 3 rings (SSSR count). The standard InChI is InChI=1S/C16H17NO/c1-10-7-8-13-14(9-18)12-5-3-4-6-15(12)17-16(13)11(10)2/h7-9H,3-6H2,1-2H3. The monoisotopic (exact) mass is 239 g/mol. The van der Waals surface area contributed by atoms with Gasteiger partial charge < -0.3 is 0 Å². The van der Waals surface area contributed by atoms with Gasteiger partial charge in [0.25, 0.3) is 0 Å². The molecule has 0 radical (unpaired) electrons. The van der Waals surface area contributed by atoms with Gasteiger partial charge in [-0.25, -0.2) is 0 Å². The molecule has 0 atom stereocenters. The van der Waals surface area contributed by atoms with E-state index in [0.717, 1.165) is 41.3 Å². The fourth-order valence-corrected chi connectivity index (χ4v) is 2.90. The van der Waals surface area contributed by atoms with Crippen LogP contribution in [-0.2, 0) is 12.8 Å². The van der Waals surface area contributed by atoms with E-state index in [1.807, 2.05) is 6.07 Å². The number of pyridine rings is 1. The highest BCUT2D eigenvalue weighted by molar-refractivity contribution is 5.99. The van der Waals surface area contributed by atoms with Crippen molar-refractivity contribution >= 4 is 17.2 Å². The van der Waals surface area contributed by atoms with Crippen LogP contribution in [0.2, 0.25) is 0 Å². The normalized spacial score (nSPS) is 14.6. The highest BCUT2D eigenvalue weighted by Gasteiger charge is 2.18. The number of carbonyl (C=O) groups excluding carboxylic acids is 1. The molecule has 1 heterocycles. The summed E-state index contributed by atoms with van der Waals surface area (Å²) in [5, 5.41) is 1.02. The first-order valence-electron chi connectivity index (χ1n) is 6.59. The van der Waals surface area contributed by atoms with Crippen molar-refractivity contribution in [2.75, 3.05) is 0 Å². The van der Waals surface area contributed by atoms with E-state index in [1.54, 1.807) is 0 Å². The fraction of sp³-hybridized carbons (Fsp3) is 0.375. The highest BCUT2D eigenvalue weighted by atomic mass is 16.1. The van der Waals surface area contributed by atoms with Gasteiger partial charge in [-0.2, -0.15) is 0 Å². The van der Waals surface area contributed by atoms with Crippen LogP contribution in [0.4, 0.5) is 0 Å². The van der Waals surface area contributed by atoms with E-state index in [0.29, 0.717) is 0 Å². The minimum atomic E-state index is 0.873. The Morgan fingerprint density at radius 1 is 1.17 bits per heavy atom. The number of nitrogens with zero attached hydrogens (tertiary/aromatic N) is 1. The molecule has 1 aromatic carbocycles. The Balaban J connectivity index is 2.43. The zero-order chi connectivity index (χ0) is 12.7. The van der Waals surface area contributed by atoms with E-state index < -0.39 is 0 Å². The number of hydrogen-bond donors (Lipinski definition) is 0. The van der Waals surface area contributed by atoms with Crippen molar-refractivity contribution in [3.63, 3.8) is 0 Å². The van der Waals surface area contributed by atoms with Crippen molar-refractivity contribution < 1.29 is 4.79 Å². The minimum absolute atomic E-state index is 0.873. The number of carbonyl (C=O) groups is 1. The Morgan fingerprint density at radius 3 is 2.72 bits per heavy atom. The van der Waals surface area contributed by atoms with Crippen LogP contribution >= 0.6 is 0 Å². The molecule has 0 spiro atoms. The summed E-state index contributed by atoms with van der Waals surface area (Å²) < 4.78 is 0. The van der Waals surface area contributed by atoms with Crippen molar-refractivity contribution in [1.82, 2.24) is 4.98 Å². The third-order valence-electron chi connectivity index (χ3n) is 4.12. The lowest BCUT2D eigenvalue weighted by atomic mass is 9.89. The van der Waals surface area contributed by atoms with Crippen LogP contribution in [-0.4, -0.2) is 11.3 Å². The van der Waals surface area contributed by atoms with Crippen molar-refractivity contribution in [3.05, 3.63) is 40.1 Å². The topological polar surface area (TPSA) is 30.0 Å². The van der Waals surface area contributed by atoms with Gasteiger partial charge in [0.15, 0.2) is 6.29 Å². The molecule has 0 saturated carbocycles. The zero-order valence-electron chi connectivity index (χ0n) is 10.9. The van der Waals surface area contributed by atoms with Crippen LogP contribution < -0.4 is 0 Å². The summed E-state index contributed by atoms with van der Waals surface area (Å²) in [5.74, 6) is 0. The molecule has 0 aliphatic heterocycles. The average molecular weight is 239 g/mol. The summed E-state index contributed by atoms with van der Waals surface area (Å²) in [6.45, 7) is 4.19. The highest BCUT2D eigenvalue weighted by Crippen LogP contribution is 2.30. The Hall–Kier alpha value is -1.70. The second kappa shape index (κ2) is 4.20. The molecule has 92 valence electrons. The maximum absolute atomic E-state index is 11.5. The first-order chi connectivity index (χ1) is 8.72. The lowest BCUT2D eigenvalue weighted by molar-refractivity contribution is 0.112. The number of benzene rings is 1. The third-order valence-corrected chi connectivity index (χ3v) is 4.12. The van der Waals surface area contributed by atoms with Crippen LogP contribution in [0.25, 0.3) is 10.9 Å². The molecular weight excluding hydrogens is 222 g/mol. The molecule has 1 aromatic heterocycles. The smallest absolute Gasteiger partial charge is 0.151 e. The number of rotatable bonds is 1. The van der Waals surface area contributed by atoms with Gasteiger partial charge in [-0.1, -0.05) is 12.1 Å². The Bertz CT molecular complexity index is 643. The third kappa shape index (κ3) is 1.56. The zero-order valence-corrected chi connectivity index (χ0v) is 10.9. The van der Waals surface area contributed by atoms with Crippen molar-refractivity contribution in [3.8, 4) is 0 Å². The first kappa shape index (κ1) is 11.4. The molecule has 0 saturated heterocycles. The largest absolute Gasteiger partial charge is 0.298 e. The molecule has 2 aromatic rings. The Labute approximate surface area is 107 Å². The SMILES string of the molecule is Cc1ccc2c(C=O)c3c(nc2c1C)CCCC3. The predicted octanol–water partition coefficient (Wildman–Crippen LogP) is 3.54. The quantitative estimate of drug-likeness (QED) is 0.712. The van der Waals surface area contributed by atoms with E-state index in [2.05, 4.69) is 19.9 Å². The lowest BCUT2D eigenvalue weighted by Crippen LogP contribution is -2.10. The maximum Gasteiger partial charge on any atom is 0.151 e. The first-order valence-corrected chi connectivity index (χ1v) is 6.59. The van der Waals surface area contributed by atoms with Gasteiger partial charge in [-0.3, -0.25) is 9.78 Å². The molecule has 0 amide bonds. The molecular formula is C16H17NO. The van der Waals surface area contributed by atoms with Crippen molar-refractivity contribution in [1.29, 1.82) is 0 Å². The lowest BCUT2D eigenvalue weighted by Gasteiger charge is -2.19.